The van der Waals surface area contributed by atoms with E-state index in [9.17, 15) is 10.2 Å². The summed E-state index contributed by atoms with van der Waals surface area (Å²) in [7, 11) is 0. The van der Waals surface area contributed by atoms with Gasteiger partial charge in [0.1, 0.15) is 11.9 Å². The monoisotopic (exact) mass is 413 g/mol. The second kappa shape index (κ2) is 6.80. The van der Waals surface area contributed by atoms with E-state index in [1.54, 1.807) is 10.7 Å². The number of hydrogen-bond acceptors (Lipinski definition) is 5. The van der Waals surface area contributed by atoms with Crippen LogP contribution in [0.2, 0.25) is 0 Å². The molecule has 7 nitrogen and oxygen atoms in total. The van der Waals surface area contributed by atoms with Gasteiger partial charge in [-0.25, -0.2) is 4.98 Å². The van der Waals surface area contributed by atoms with Gasteiger partial charge in [-0.2, -0.15) is 9.61 Å². The van der Waals surface area contributed by atoms with Crippen molar-refractivity contribution < 1.29 is 10.2 Å². The van der Waals surface area contributed by atoms with Crippen LogP contribution in [0.1, 0.15) is 13.3 Å². The molecule has 0 unspecified atom stereocenters. The van der Waals surface area contributed by atoms with Crippen LogP contribution in [0.25, 0.3) is 38.7 Å². The van der Waals surface area contributed by atoms with Crippen LogP contribution in [0.4, 0.5) is 5.82 Å². The molecular formula is C24H23N5O2. The summed E-state index contributed by atoms with van der Waals surface area (Å²) in [5, 5.41) is 30.9. The third-order valence-corrected chi connectivity index (χ3v) is 6.46. The maximum absolute atomic E-state index is 10.4. The Balaban J connectivity index is 1.40. The first-order chi connectivity index (χ1) is 15.1. The summed E-state index contributed by atoms with van der Waals surface area (Å²) in [5.41, 5.74) is 4.77. The lowest BCUT2D eigenvalue weighted by atomic mass is 10.1. The molecule has 0 amide bonds. The van der Waals surface area contributed by atoms with E-state index in [0.29, 0.717) is 6.42 Å². The van der Waals surface area contributed by atoms with Gasteiger partial charge in [-0.05, 0) is 36.6 Å². The molecule has 6 rings (SSSR count). The zero-order valence-electron chi connectivity index (χ0n) is 17.0. The first-order valence-electron chi connectivity index (χ1n) is 10.6. The van der Waals surface area contributed by atoms with Crippen molar-refractivity contribution in [3.8, 4) is 11.3 Å². The summed E-state index contributed by atoms with van der Waals surface area (Å²) in [6.07, 6.45) is 0.897. The fourth-order valence-electron chi connectivity index (χ4n) is 4.74. The van der Waals surface area contributed by atoms with E-state index in [-0.39, 0.29) is 12.0 Å². The van der Waals surface area contributed by atoms with Crippen molar-refractivity contribution in [3.05, 3.63) is 60.8 Å². The zero-order valence-corrected chi connectivity index (χ0v) is 17.0. The summed E-state index contributed by atoms with van der Waals surface area (Å²) < 4.78 is 1.76. The molecule has 3 heterocycles. The van der Waals surface area contributed by atoms with E-state index in [4.69, 9.17) is 5.10 Å². The molecule has 5 aromatic rings. The topological polar surface area (TPSA) is 98.5 Å². The van der Waals surface area contributed by atoms with Gasteiger partial charge in [0.2, 0.25) is 0 Å². The van der Waals surface area contributed by atoms with Crippen LogP contribution in [0.5, 0.6) is 0 Å². The van der Waals surface area contributed by atoms with Crippen LogP contribution in [0.3, 0.4) is 0 Å². The number of benzene rings is 2. The van der Waals surface area contributed by atoms with Crippen molar-refractivity contribution in [3.63, 3.8) is 0 Å². The smallest absolute Gasteiger partial charge is 0.157 e. The molecule has 4 N–H and O–H groups in total. The molecule has 0 bridgehead atoms. The highest BCUT2D eigenvalue weighted by molar-refractivity contribution is 6.08. The summed E-state index contributed by atoms with van der Waals surface area (Å²) in [6.45, 7) is 1.95. The van der Waals surface area contributed by atoms with E-state index >= 15 is 0 Å². The maximum atomic E-state index is 10.4. The number of aromatic nitrogens is 4. The quantitative estimate of drug-likeness (QED) is 0.362. The van der Waals surface area contributed by atoms with Crippen molar-refractivity contribution in [1.29, 1.82) is 0 Å². The van der Waals surface area contributed by atoms with Crippen molar-refractivity contribution >= 4 is 33.3 Å². The number of rotatable bonds is 3. The van der Waals surface area contributed by atoms with Crippen molar-refractivity contribution in [2.24, 2.45) is 5.92 Å². The molecule has 31 heavy (non-hydrogen) atoms. The van der Waals surface area contributed by atoms with Crippen LogP contribution < -0.4 is 5.32 Å². The minimum absolute atomic E-state index is 0.0425. The molecule has 3 aromatic heterocycles. The Morgan fingerprint density at radius 2 is 1.84 bits per heavy atom. The predicted molar refractivity (Wildman–Crippen MR) is 121 cm³/mol. The molecule has 1 aliphatic rings. The Bertz CT molecular complexity index is 1420. The zero-order chi connectivity index (χ0) is 21.1. The Kier molecular flexibility index (Phi) is 4.03. The minimum Gasteiger partial charge on any atom is -0.390 e. The SMILES string of the molecule is C[C@@H]1C[C@@H](Nc2ccnc3cc(-c4ccc5[nH]c6ccccc6c5c4)nn23)[C@H](O)[C@@H]1O. The third-order valence-electron chi connectivity index (χ3n) is 6.46. The molecule has 0 aliphatic heterocycles. The van der Waals surface area contributed by atoms with E-state index in [0.717, 1.165) is 39.1 Å². The molecular weight excluding hydrogens is 390 g/mol. The number of aliphatic hydroxyl groups is 2. The lowest BCUT2D eigenvalue weighted by Gasteiger charge is -2.19. The van der Waals surface area contributed by atoms with Crippen LogP contribution >= 0.6 is 0 Å². The number of hydrogen-bond donors (Lipinski definition) is 4. The molecule has 0 radical (unpaired) electrons. The first kappa shape index (κ1) is 18.4. The predicted octanol–water partition coefficient (Wildman–Crippen LogP) is 3.57. The number of fused-ring (bicyclic) bond motifs is 4. The average Bonchev–Trinajstić information content (AvgIpc) is 3.45. The average molecular weight is 413 g/mol. The number of para-hydroxylation sites is 1. The van der Waals surface area contributed by atoms with Crippen LogP contribution in [-0.4, -0.2) is 48.0 Å². The van der Waals surface area contributed by atoms with Gasteiger partial charge in [0.15, 0.2) is 5.65 Å². The second-order valence-electron chi connectivity index (χ2n) is 8.51. The van der Waals surface area contributed by atoms with E-state index < -0.39 is 12.2 Å². The summed E-state index contributed by atoms with van der Waals surface area (Å²) >= 11 is 0. The Morgan fingerprint density at radius 3 is 2.68 bits per heavy atom. The number of nitrogens with zero attached hydrogens (tertiary/aromatic N) is 3. The normalized spacial score (nSPS) is 23.8. The largest absolute Gasteiger partial charge is 0.390 e. The fourth-order valence-corrected chi connectivity index (χ4v) is 4.74. The Morgan fingerprint density at radius 1 is 1.00 bits per heavy atom. The van der Waals surface area contributed by atoms with E-state index in [1.165, 1.54) is 5.39 Å². The number of aliphatic hydroxyl groups excluding tert-OH is 2. The molecule has 1 fully saturated rings. The summed E-state index contributed by atoms with van der Waals surface area (Å²) in [6, 6.07) is 18.1. The Labute approximate surface area is 178 Å². The molecule has 1 saturated carbocycles. The molecule has 156 valence electrons. The van der Waals surface area contributed by atoms with Gasteiger partial charge in [-0.1, -0.05) is 31.2 Å². The maximum Gasteiger partial charge on any atom is 0.157 e. The number of aromatic amines is 1. The van der Waals surface area contributed by atoms with Gasteiger partial charge in [0.25, 0.3) is 0 Å². The number of H-pyrrole nitrogens is 1. The van der Waals surface area contributed by atoms with Gasteiger partial charge >= 0.3 is 0 Å². The lowest BCUT2D eigenvalue weighted by Crippen LogP contribution is -2.35. The summed E-state index contributed by atoms with van der Waals surface area (Å²) in [5.74, 6) is 0.788. The first-order valence-corrected chi connectivity index (χ1v) is 10.6. The highest BCUT2D eigenvalue weighted by Gasteiger charge is 2.39. The standard InChI is InChI=1S/C24H23N5O2/c1-13-10-20(24(31)23(13)30)27-21-8-9-25-22-12-19(28-29(21)22)14-6-7-18-16(11-14)15-4-2-3-5-17(15)26-18/h2-9,11-13,20,23-24,26-27,30-31H,10H2,1H3/t13-,20-,23-,24+/m1/s1. The van der Waals surface area contributed by atoms with Crippen molar-refractivity contribution in [1.82, 2.24) is 19.6 Å². The molecule has 2 aromatic carbocycles. The van der Waals surface area contributed by atoms with Gasteiger partial charge < -0.3 is 20.5 Å². The van der Waals surface area contributed by atoms with Crippen LogP contribution in [-0.2, 0) is 0 Å². The van der Waals surface area contributed by atoms with Gasteiger partial charge in [0.05, 0.1) is 17.8 Å². The fraction of sp³-hybridized carbons (Fsp3) is 0.250. The van der Waals surface area contributed by atoms with E-state index in [2.05, 4.69) is 45.6 Å². The highest BCUT2D eigenvalue weighted by Crippen LogP contribution is 2.31. The van der Waals surface area contributed by atoms with Crippen molar-refractivity contribution in [2.45, 2.75) is 31.6 Å². The molecule has 0 saturated heterocycles. The number of nitrogens with one attached hydrogen (secondary N) is 2. The molecule has 1 aliphatic carbocycles. The third kappa shape index (κ3) is 2.89. The molecule has 4 atom stereocenters. The van der Waals surface area contributed by atoms with Crippen LogP contribution in [0.15, 0.2) is 60.8 Å². The lowest BCUT2D eigenvalue weighted by molar-refractivity contribution is 0.0210. The molecule has 0 spiro atoms. The van der Waals surface area contributed by atoms with Gasteiger partial charge in [0, 0.05) is 39.6 Å². The summed E-state index contributed by atoms with van der Waals surface area (Å²) in [4.78, 5) is 7.91. The second-order valence-corrected chi connectivity index (χ2v) is 8.51. The Hall–Kier alpha value is -3.42. The highest BCUT2D eigenvalue weighted by atomic mass is 16.3. The van der Waals surface area contributed by atoms with Gasteiger partial charge in [-0.3, -0.25) is 0 Å². The van der Waals surface area contributed by atoms with E-state index in [1.807, 2.05) is 31.2 Å². The van der Waals surface area contributed by atoms with Crippen LogP contribution in [0, 0.1) is 5.92 Å². The number of anilines is 1. The minimum atomic E-state index is -0.808. The molecule has 7 heteroatoms. The van der Waals surface area contributed by atoms with Crippen molar-refractivity contribution in [2.75, 3.05) is 5.32 Å². The van der Waals surface area contributed by atoms with Gasteiger partial charge in [-0.15, -0.1) is 0 Å².